The largest absolute Gasteiger partial charge is 0.398 e. The van der Waals surface area contributed by atoms with Gasteiger partial charge in [-0.05, 0) is 55.0 Å². The average molecular weight is 345 g/mol. The van der Waals surface area contributed by atoms with E-state index < -0.39 is 0 Å². The van der Waals surface area contributed by atoms with Crippen molar-refractivity contribution >= 4 is 23.0 Å². The van der Waals surface area contributed by atoms with Crippen LogP contribution in [0.25, 0.3) is 0 Å². The van der Waals surface area contributed by atoms with E-state index in [9.17, 15) is 4.39 Å². The van der Waals surface area contributed by atoms with Crippen molar-refractivity contribution in [2.75, 3.05) is 23.7 Å². The predicted octanol–water partition coefficient (Wildman–Crippen LogP) is 5.23. The van der Waals surface area contributed by atoms with Gasteiger partial charge in [-0.1, -0.05) is 36.2 Å². The molecular formula is C20H22ClFN2. The van der Waals surface area contributed by atoms with E-state index in [-0.39, 0.29) is 5.82 Å². The fourth-order valence-electron chi connectivity index (χ4n) is 4.56. The van der Waals surface area contributed by atoms with Gasteiger partial charge in [0.05, 0.1) is 5.69 Å². The highest BCUT2D eigenvalue weighted by Crippen LogP contribution is 2.51. The van der Waals surface area contributed by atoms with E-state index in [1.165, 1.54) is 30.9 Å². The molecule has 1 saturated carbocycles. The Morgan fingerprint density at radius 3 is 2.71 bits per heavy atom. The maximum Gasteiger partial charge on any atom is 0.147 e. The Kier molecular flexibility index (Phi) is 3.92. The number of nitrogen functional groups attached to an aromatic ring is 1. The van der Waals surface area contributed by atoms with E-state index in [2.05, 4.69) is 17.0 Å². The summed E-state index contributed by atoms with van der Waals surface area (Å²) in [7, 11) is 0. The van der Waals surface area contributed by atoms with Crippen LogP contribution >= 0.6 is 11.6 Å². The van der Waals surface area contributed by atoms with Crippen molar-refractivity contribution in [1.82, 2.24) is 0 Å². The van der Waals surface area contributed by atoms with Gasteiger partial charge in [-0.15, -0.1) is 0 Å². The number of nitrogens with two attached hydrogens (primary N) is 1. The van der Waals surface area contributed by atoms with Gasteiger partial charge in [0.1, 0.15) is 5.82 Å². The van der Waals surface area contributed by atoms with Crippen LogP contribution in [0.15, 0.2) is 42.5 Å². The molecule has 4 heteroatoms. The molecule has 1 aliphatic heterocycles. The summed E-state index contributed by atoms with van der Waals surface area (Å²) in [5, 5.41) is 0.448. The maximum atomic E-state index is 14.1. The molecule has 1 saturated heterocycles. The predicted molar refractivity (Wildman–Crippen MR) is 98.1 cm³/mol. The first-order chi connectivity index (χ1) is 11.6. The van der Waals surface area contributed by atoms with Crippen LogP contribution in [0.3, 0.4) is 0 Å². The van der Waals surface area contributed by atoms with Gasteiger partial charge in [-0.3, -0.25) is 0 Å². The Hall–Kier alpha value is -1.74. The zero-order chi connectivity index (χ0) is 16.7. The van der Waals surface area contributed by atoms with Crippen molar-refractivity contribution in [2.45, 2.75) is 31.6 Å². The molecule has 1 atom stereocenters. The topological polar surface area (TPSA) is 29.3 Å². The fourth-order valence-corrected chi connectivity index (χ4v) is 4.72. The second-order valence-electron chi connectivity index (χ2n) is 7.37. The van der Waals surface area contributed by atoms with Crippen molar-refractivity contribution in [2.24, 2.45) is 5.41 Å². The molecule has 24 heavy (non-hydrogen) atoms. The average Bonchev–Trinajstić information content (AvgIpc) is 2.53. The minimum atomic E-state index is -0.225. The molecule has 1 unspecified atom stereocenters. The number of hydrogen-bond donors (Lipinski definition) is 1. The molecule has 0 radical (unpaired) electrons. The number of para-hydroxylation sites is 1. The zero-order valence-corrected chi connectivity index (χ0v) is 14.4. The lowest BCUT2D eigenvalue weighted by molar-refractivity contribution is 0.123. The lowest BCUT2D eigenvalue weighted by atomic mass is 9.63. The van der Waals surface area contributed by atoms with Crippen LogP contribution in [0.4, 0.5) is 15.8 Å². The molecule has 1 heterocycles. The summed E-state index contributed by atoms with van der Waals surface area (Å²) in [6.07, 6.45) is 4.79. The highest BCUT2D eigenvalue weighted by atomic mass is 35.5. The van der Waals surface area contributed by atoms with Gasteiger partial charge in [0.15, 0.2) is 0 Å². The van der Waals surface area contributed by atoms with Crippen molar-refractivity contribution in [1.29, 1.82) is 0 Å². The third-order valence-electron chi connectivity index (χ3n) is 5.68. The first-order valence-corrected chi connectivity index (χ1v) is 8.99. The molecule has 4 rings (SSSR count). The Morgan fingerprint density at radius 1 is 1.17 bits per heavy atom. The number of benzene rings is 2. The van der Waals surface area contributed by atoms with E-state index >= 15 is 0 Å². The van der Waals surface area contributed by atoms with Crippen molar-refractivity contribution in [3.8, 4) is 0 Å². The van der Waals surface area contributed by atoms with E-state index in [1.54, 1.807) is 12.1 Å². The third kappa shape index (κ3) is 2.75. The van der Waals surface area contributed by atoms with E-state index in [4.69, 9.17) is 17.3 Å². The second kappa shape index (κ2) is 5.96. The highest BCUT2D eigenvalue weighted by Gasteiger charge is 2.46. The number of anilines is 2. The molecule has 2 nitrogen and oxygen atoms in total. The molecule has 0 bridgehead atoms. The van der Waals surface area contributed by atoms with Crippen molar-refractivity contribution in [3.63, 3.8) is 0 Å². The normalized spacial score (nSPS) is 22.4. The molecule has 2 fully saturated rings. The lowest BCUT2D eigenvalue weighted by Gasteiger charge is -2.55. The number of nitrogens with zero attached hydrogens (tertiary/aromatic N) is 1. The van der Waals surface area contributed by atoms with Gasteiger partial charge in [-0.2, -0.15) is 0 Å². The Labute approximate surface area is 147 Å². The standard InChI is InChI=1S/C20H22ClFN2/c21-15-7-8-19(17(22)10-15)24-12-20(13-24)9-3-4-14(11-20)16-5-1-2-6-18(16)23/h1-2,5-8,10,14H,3-4,9,11-13,23H2. The molecule has 1 aliphatic carbocycles. The van der Waals surface area contributed by atoms with Crippen molar-refractivity contribution < 1.29 is 4.39 Å². The summed E-state index contributed by atoms with van der Waals surface area (Å²) < 4.78 is 14.1. The third-order valence-corrected chi connectivity index (χ3v) is 5.91. The van der Waals surface area contributed by atoms with Gasteiger partial charge in [0.25, 0.3) is 0 Å². The summed E-state index contributed by atoms with van der Waals surface area (Å²) in [6.45, 7) is 1.85. The van der Waals surface area contributed by atoms with Crippen LogP contribution in [-0.2, 0) is 0 Å². The highest BCUT2D eigenvalue weighted by molar-refractivity contribution is 6.30. The van der Waals surface area contributed by atoms with Crippen molar-refractivity contribution in [3.05, 3.63) is 58.9 Å². The number of rotatable bonds is 2. The molecule has 2 aromatic rings. The Bertz CT molecular complexity index is 755. The minimum absolute atomic E-state index is 0.225. The maximum absolute atomic E-state index is 14.1. The molecule has 126 valence electrons. The van der Waals surface area contributed by atoms with Gasteiger partial charge in [0.2, 0.25) is 0 Å². The van der Waals surface area contributed by atoms with Crippen LogP contribution in [0.5, 0.6) is 0 Å². The van der Waals surface area contributed by atoms with Crippen LogP contribution in [0, 0.1) is 11.2 Å². The Morgan fingerprint density at radius 2 is 1.96 bits per heavy atom. The molecule has 0 aromatic heterocycles. The SMILES string of the molecule is Nc1ccccc1C1CCCC2(C1)CN(c1ccc(Cl)cc1F)C2. The van der Waals surface area contributed by atoms with E-state index in [1.807, 2.05) is 12.1 Å². The summed E-state index contributed by atoms with van der Waals surface area (Å²) in [4.78, 5) is 2.14. The van der Waals surface area contributed by atoms with E-state index in [0.29, 0.717) is 22.0 Å². The summed E-state index contributed by atoms with van der Waals surface area (Å²) in [5.74, 6) is 0.300. The van der Waals surface area contributed by atoms with Gasteiger partial charge in [0, 0.05) is 29.2 Å². The number of hydrogen-bond acceptors (Lipinski definition) is 2. The smallest absolute Gasteiger partial charge is 0.147 e. The molecule has 2 aromatic carbocycles. The van der Waals surface area contributed by atoms with E-state index in [0.717, 1.165) is 25.2 Å². The number of halogens is 2. The molecule has 0 amide bonds. The minimum Gasteiger partial charge on any atom is -0.398 e. The summed E-state index contributed by atoms with van der Waals surface area (Å²) in [6, 6.07) is 13.2. The second-order valence-corrected chi connectivity index (χ2v) is 7.81. The van der Waals surface area contributed by atoms with Crippen LogP contribution in [0.2, 0.25) is 5.02 Å². The van der Waals surface area contributed by atoms with Crippen LogP contribution in [0.1, 0.15) is 37.2 Å². The zero-order valence-electron chi connectivity index (χ0n) is 13.6. The first kappa shape index (κ1) is 15.8. The molecular weight excluding hydrogens is 323 g/mol. The van der Waals surface area contributed by atoms with Gasteiger partial charge >= 0.3 is 0 Å². The quantitative estimate of drug-likeness (QED) is 0.756. The fraction of sp³-hybridized carbons (Fsp3) is 0.400. The molecule has 1 spiro atoms. The van der Waals surface area contributed by atoms with Crippen LogP contribution in [-0.4, -0.2) is 13.1 Å². The lowest BCUT2D eigenvalue weighted by Crippen LogP contribution is -2.58. The molecule has 2 N–H and O–H groups in total. The summed E-state index contributed by atoms with van der Waals surface area (Å²) in [5.41, 5.74) is 9.34. The molecule has 2 aliphatic rings. The monoisotopic (exact) mass is 344 g/mol. The van der Waals surface area contributed by atoms with Gasteiger partial charge < -0.3 is 10.6 Å². The van der Waals surface area contributed by atoms with Crippen LogP contribution < -0.4 is 10.6 Å². The first-order valence-electron chi connectivity index (χ1n) is 8.61. The van der Waals surface area contributed by atoms with Gasteiger partial charge in [-0.25, -0.2) is 4.39 Å². The summed E-state index contributed by atoms with van der Waals surface area (Å²) >= 11 is 5.86. The Balaban J connectivity index is 1.49.